The zero-order chi connectivity index (χ0) is 10.8. The number of hydrogen-bond acceptors (Lipinski definition) is 4. The van der Waals surface area contributed by atoms with E-state index in [-0.39, 0.29) is 5.56 Å². The normalized spacial score (nSPS) is 10.2. The number of hydrogen-bond donors (Lipinski definition) is 1. The van der Waals surface area contributed by atoms with Crippen LogP contribution in [0, 0.1) is 6.92 Å². The molecule has 6 nitrogen and oxygen atoms in total. The minimum atomic E-state index is -1.05. The van der Waals surface area contributed by atoms with E-state index in [1.807, 2.05) is 0 Å². The molecule has 0 saturated heterocycles. The van der Waals surface area contributed by atoms with Gasteiger partial charge in [0.25, 0.3) is 0 Å². The first-order valence-corrected chi connectivity index (χ1v) is 4.25. The molecule has 0 atom stereocenters. The summed E-state index contributed by atoms with van der Waals surface area (Å²) in [6.07, 6.45) is 4.28. The lowest BCUT2D eigenvalue weighted by Gasteiger charge is -2.04. The first-order valence-electron chi connectivity index (χ1n) is 4.25. The summed E-state index contributed by atoms with van der Waals surface area (Å²) in [4.78, 5) is 16.1. The number of aryl methyl sites for hydroxylation is 1. The molecule has 0 amide bonds. The minimum absolute atomic E-state index is 0.0804. The van der Waals surface area contributed by atoms with Crippen molar-refractivity contribution in [1.82, 2.24) is 20.0 Å². The van der Waals surface area contributed by atoms with Crippen molar-refractivity contribution >= 4 is 5.97 Å². The molecule has 0 radical (unpaired) electrons. The van der Waals surface area contributed by atoms with Gasteiger partial charge in [-0.05, 0) is 13.0 Å². The zero-order valence-corrected chi connectivity index (χ0v) is 7.95. The summed E-state index contributed by atoms with van der Waals surface area (Å²) in [5.41, 5.74) is 1.21. The summed E-state index contributed by atoms with van der Waals surface area (Å²) in [5.74, 6) is -1.05. The Hall–Kier alpha value is -2.24. The number of carbonyl (C=O) groups is 1. The Labute approximate surface area is 85.2 Å². The third-order valence-corrected chi connectivity index (χ3v) is 1.88. The number of nitrogens with zero attached hydrogens (tertiary/aromatic N) is 4. The Balaban J connectivity index is 2.63. The summed E-state index contributed by atoms with van der Waals surface area (Å²) in [6.45, 7) is 1.78. The van der Waals surface area contributed by atoms with Gasteiger partial charge >= 0.3 is 5.97 Å². The van der Waals surface area contributed by atoms with Gasteiger partial charge < -0.3 is 5.11 Å². The zero-order valence-electron chi connectivity index (χ0n) is 7.95. The molecule has 0 saturated carbocycles. The van der Waals surface area contributed by atoms with Crippen LogP contribution in [0.1, 0.15) is 16.1 Å². The van der Waals surface area contributed by atoms with Crippen LogP contribution in [0.25, 0.3) is 5.69 Å². The van der Waals surface area contributed by atoms with Crippen LogP contribution in [0.5, 0.6) is 0 Å². The van der Waals surface area contributed by atoms with Gasteiger partial charge in [0.1, 0.15) is 11.3 Å². The molecule has 0 aliphatic carbocycles. The van der Waals surface area contributed by atoms with Gasteiger partial charge in [-0.3, -0.25) is 4.98 Å². The van der Waals surface area contributed by atoms with E-state index in [9.17, 15) is 4.79 Å². The molecule has 6 heteroatoms. The van der Waals surface area contributed by atoms with Crippen molar-refractivity contribution in [3.8, 4) is 5.69 Å². The molecule has 2 rings (SSSR count). The molecule has 1 N–H and O–H groups in total. The number of rotatable bonds is 2. The van der Waals surface area contributed by atoms with Crippen LogP contribution in [0.4, 0.5) is 0 Å². The second-order valence-corrected chi connectivity index (χ2v) is 2.97. The van der Waals surface area contributed by atoms with Gasteiger partial charge in [-0.2, -0.15) is 15.0 Å². The van der Waals surface area contributed by atoms with Crippen molar-refractivity contribution in [2.75, 3.05) is 0 Å². The average Bonchev–Trinajstić information content (AvgIpc) is 2.69. The Morgan fingerprint density at radius 3 is 2.67 bits per heavy atom. The lowest BCUT2D eigenvalue weighted by Crippen LogP contribution is -2.09. The van der Waals surface area contributed by atoms with E-state index in [1.165, 1.54) is 23.4 Å². The van der Waals surface area contributed by atoms with Crippen LogP contribution >= 0.6 is 0 Å². The summed E-state index contributed by atoms with van der Waals surface area (Å²) in [6, 6.07) is 1.63. The Bertz CT molecular complexity index is 493. The van der Waals surface area contributed by atoms with Gasteiger partial charge in [-0.25, -0.2) is 4.79 Å². The molecule has 2 aromatic rings. The lowest BCUT2D eigenvalue weighted by molar-refractivity contribution is 0.0696. The summed E-state index contributed by atoms with van der Waals surface area (Å²) >= 11 is 0. The molecular formula is C9H8N4O2. The van der Waals surface area contributed by atoms with Gasteiger partial charge in [0.05, 0.1) is 12.4 Å². The standard InChI is InChI=1S/C9H8N4O2/c1-6-4-8(13-11-2-3-12-13)7(5-10-6)9(14)15/h2-5H,1H3,(H,14,15). The third-order valence-electron chi connectivity index (χ3n) is 1.88. The monoisotopic (exact) mass is 204 g/mol. The molecule has 2 heterocycles. The number of pyridine rings is 1. The van der Waals surface area contributed by atoms with Crippen molar-refractivity contribution < 1.29 is 9.90 Å². The molecule has 0 unspecified atom stereocenters. The first-order chi connectivity index (χ1) is 7.18. The quantitative estimate of drug-likeness (QED) is 0.777. The molecule has 0 aromatic carbocycles. The van der Waals surface area contributed by atoms with E-state index in [2.05, 4.69) is 15.2 Å². The van der Waals surface area contributed by atoms with Crippen LogP contribution in [0.3, 0.4) is 0 Å². The van der Waals surface area contributed by atoms with Crippen molar-refractivity contribution in [3.05, 3.63) is 35.9 Å². The molecule has 0 spiro atoms. The third kappa shape index (κ3) is 1.69. The van der Waals surface area contributed by atoms with Crippen LogP contribution in [-0.4, -0.2) is 31.1 Å². The maximum Gasteiger partial charge on any atom is 0.339 e. The SMILES string of the molecule is Cc1cc(-n2nccn2)c(C(=O)O)cn1. The molecular weight excluding hydrogens is 196 g/mol. The second-order valence-electron chi connectivity index (χ2n) is 2.97. The molecule has 0 aliphatic heterocycles. The lowest BCUT2D eigenvalue weighted by atomic mass is 10.2. The van der Waals surface area contributed by atoms with E-state index >= 15 is 0 Å². The van der Waals surface area contributed by atoms with E-state index in [0.717, 1.165) is 0 Å². The Morgan fingerprint density at radius 2 is 2.07 bits per heavy atom. The highest BCUT2D eigenvalue weighted by molar-refractivity contribution is 5.91. The van der Waals surface area contributed by atoms with E-state index in [4.69, 9.17) is 5.11 Å². The number of carboxylic acids is 1. The van der Waals surface area contributed by atoms with Crippen molar-refractivity contribution in [2.45, 2.75) is 6.92 Å². The number of carboxylic acid groups (broad SMARTS) is 1. The van der Waals surface area contributed by atoms with Crippen molar-refractivity contribution in [3.63, 3.8) is 0 Å². The van der Waals surface area contributed by atoms with Crippen molar-refractivity contribution in [1.29, 1.82) is 0 Å². The largest absolute Gasteiger partial charge is 0.478 e. The highest BCUT2D eigenvalue weighted by atomic mass is 16.4. The molecule has 0 aliphatic rings. The van der Waals surface area contributed by atoms with Gasteiger partial charge in [0.15, 0.2) is 0 Å². The predicted molar refractivity (Wildman–Crippen MR) is 50.9 cm³/mol. The topological polar surface area (TPSA) is 80.9 Å². The summed E-state index contributed by atoms with van der Waals surface area (Å²) in [5, 5.41) is 16.7. The molecule has 0 bridgehead atoms. The fraction of sp³-hybridized carbons (Fsp3) is 0.111. The fourth-order valence-corrected chi connectivity index (χ4v) is 1.22. The van der Waals surface area contributed by atoms with E-state index in [1.54, 1.807) is 13.0 Å². The number of aromatic nitrogens is 4. The van der Waals surface area contributed by atoms with Crippen LogP contribution in [0.2, 0.25) is 0 Å². The summed E-state index contributed by atoms with van der Waals surface area (Å²) in [7, 11) is 0. The van der Waals surface area contributed by atoms with Gasteiger partial charge in [0, 0.05) is 11.9 Å². The smallest absolute Gasteiger partial charge is 0.339 e. The van der Waals surface area contributed by atoms with Gasteiger partial charge in [0.2, 0.25) is 0 Å². The van der Waals surface area contributed by atoms with Crippen LogP contribution in [-0.2, 0) is 0 Å². The highest BCUT2D eigenvalue weighted by Gasteiger charge is 2.13. The molecule has 15 heavy (non-hydrogen) atoms. The Kier molecular flexibility index (Phi) is 2.17. The predicted octanol–water partition coefficient (Wildman–Crippen LogP) is 0.669. The first kappa shape index (κ1) is 9.32. The van der Waals surface area contributed by atoms with E-state index < -0.39 is 5.97 Å². The van der Waals surface area contributed by atoms with Crippen LogP contribution in [0.15, 0.2) is 24.7 Å². The summed E-state index contributed by atoms with van der Waals surface area (Å²) < 4.78 is 0. The van der Waals surface area contributed by atoms with Gasteiger partial charge in [-0.1, -0.05) is 0 Å². The molecule has 2 aromatic heterocycles. The maximum absolute atomic E-state index is 10.9. The second kappa shape index (κ2) is 3.49. The van der Waals surface area contributed by atoms with E-state index in [0.29, 0.717) is 11.4 Å². The van der Waals surface area contributed by atoms with Crippen LogP contribution < -0.4 is 0 Å². The maximum atomic E-state index is 10.9. The Morgan fingerprint density at radius 1 is 1.40 bits per heavy atom. The minimum Gasteiger partial charge on any atom is -0.478 e. The van der Waals surface area contributed by atoms with Gasteiger partial charge in [-0.15, -0.1) is 0 Å². The number of aromatic carboxylic acids is 1. The molecule has 0 fully saturated rings. The van der Waals surface area contributed by atoms with Crippen molar-refractivity contribution in [2.24, 2.45) is 0 Å². The average molecular weight is 204 g/mol. The fourth-order valence-electron chi connectivity index (χ4n) is 1.22. The molecule has 76 valence electrons. The highest BCUT2D eigenvalue weighted by Crippen LogP contribution is 2.12.